The number of benzene rings is 2. The number of methoxy groups -OCH3 is 1. The lowest BCUT2D eigenvalue weighted by molar-refractivity contribution is -0.132. The van der Waals surface area contributed by atoms with Crippen LogP contribution in [0.2, 0.25) is 0 Å². The van der Waals surface area contributed by atoms with Crippen LogP contribution in [0.1, 0.15) is 24.0 Å². The van der Waals surface area contributed by atoms with E-state index in [-0.39, 0.29) is 18.3 Å². The van der Waals surface area contributed by atoms with E-state index in [1.54, 1.807) is 37.3 Å². The van der Waals surface area contributed by atoms with Crippen molar-refractivity contribution < 1.29 is 13.9 Å². The molecule has 0 spiro atoms. The summed E-state index contributed by atoms with van der Waals surface area (Å²) in [7, 11) is 3.38. The van der Waals surface area contributed by atoms with Crippen molar-refractivity contribution in [1.82, 2.24) is 9.80 Å². The smallest absolute Gasteiger partial charge is 0.236 e. The van der Waals surface area contributed by atoms with E-state index >= 15 is 0 Å². The van der Waals surface area contributed by atoms with Gasteiger partial charge < -0.3 is 9.64 Å². The Morgan fingerprint density at radius 2 is 1.81 bits per heavy atom. The third-order valence-electron chi connectivity index (χ3n) is 4.74. The minimum absolute atomic E-state index is 0.00802. The van der Waals surface area contributed by atoms with Crippen molar-refractivity contribution in [2.45, 2.75) is 32.0 Å². The van der Waals surface area contributed by atoms with Crippen molar-refractivity contribution in [2.24, 2.45) is 0 Å². The summed E-state index contributed by atoms with van der Waals surface area (Å²) < 4.78 is 19.0. The number of nitrogens with zero attached hydrogens (tertiary/aromatic N) is 2. The first-order valence-corrected chi connectivity index (χ1v) is 8.91. The number of amides is 1. The summed E-state index contributed by atoms with van der Waals surface area (Å²) in [5.41, 5.74) is 1.69. The van der Waals surface area contributed by atoms with E-state index in [4.69, 9.17) is 4.74 Å². The first-order valence-electron chi connectivity index (χ1n) is 8.91. The number of carbonyl (C=O) groups excluding carboxylic acids is 1. The van der Waals surface area contributed by atoms with E-state index in [1.807, 2.05) is 24.3 Å². The first kappa shape index (κ1) is 18.4. The molecule has 4 nitrogen and oxygen atoms in total. The highest BCUT2D eigenvalue weighted by Gasteiger charge is 2.31. The zero-order valence-corrected chi connectivity index (χ0v) is 15.3. The monoisotopic (exact) mass is 356 g/mol. The zero-order valence-electron chi connectivity index (χ0n) is 15.3. The summed E-state index contributed by atoms with van der Waals surface area (Å²) in [6, 6.07) is 15.0. The molecule has 1 amide bonds. The molecule has 0 aromatic heterocycles. The van der Waals surface area contributed by atoms with Crippen LogP contribution in [0.4, 0.5) is 4.39 Å². The summed E-state index contributed by atoms with van der Waals surface area (Å²) in [4.78, 5) is 16.4. The average Bonchev–Trinajstić information content (AvgIpc) is 3.48. The molecule has 0 aliphatic heterocycles. The molecule has 0 radical (unpaired) electrons. The van der Waals surface area contributed by atoms with Crippen LogP contribution in [0.15, 0.2) is 48.5 Å². The molecule has 3 rings (SSSR count). The van der Waals surface area contributed by atoms with Gasteiger partial charge in [0, 0.05) is 31.7 Å². The third kappa shape index (κ3) is 4.82. The van der Waals surface area contributed by atoms with Gasteiger partial charge in [-0.05, 0) is 36.6 Å². The Kier molecular flexibility index (Phi) is 5.89. The highest BCUT2D eigenvalue weighted by molar-refractivity contribution is 5.78. The second kappa shape index (κ2) is 8.32. The predicted molar refractivity (Wildman–Crippen MR) is 99.3 cm³/mol. The highest BCUT2D eigenvalue weighted by atomic mass is 19.1. The van der Waals surface area contributed by atoms with Crippen molar-refractivity contribution in [2.75, 3.05) is 20.7 Å². The van der Waals surface area contributed by atoms with Gasteiger partial charge in [-0.15, -0.1) is 0 Å². The number of carbonyl (C=O) groups is 1. The lowest BCUT2D eigenvalue weighted by Gasteiger charge is -2.25. The van der Waals surface area contributed by atoms with E-state index in [1.165, 1.54) is 6.07 Å². The van der Waals surface area contributed by atoms with Crippen LogP contribution in [0.3, 0.4) is 0 Å². The SMILES string of the molecule is COc1ccc(CN(CC(=O)N(C)Cc2ccccc2F)C2CC2)cc1. The highest BCUT2D eigenvalue weighted by Crippen LogP contribution is 2.28. The number of ether oxygens (including phenoxy) is 1. The topological polar surface area (TPSA) is 32.8 Å². The van der Waals surface area contributed by atoms with E-state index in [0.29, 0.717) is 18.2 Å². The largest absolute Gasteiger partial charge is 0.497 e. The Labute approximate surface area is 154 Å². The van der Waals surface area contributed by atoms with E-state index in [2.05, 4.69) is 4.90 Å². The third-order valence-corrected chi connectivity index (χ3v) is 4.74. The maximum absolute atomic E-state index is 13.8. The standard InChI is InChI=1S/C21H25FN2O2/c1-23(14-17-5-3-4-6-20(17)22)21(25)15-24(18-9-10-18)13-16-7-11-19(26-2)12-8-16/h3-8,11-12,18H,9-10,13-15H2,1-2H3. The molecule has 1 saturated carbocycles. The number of hydrogen-bond acceptors (Lipinski definition) is 3. The van der Waals surface area contributed by atoms with Crippen LogP contribution in [0, 0.1) is 5.82 Å². The molecule has 2 aromatic carbocycles. The quantitative estimate of drug-likeness (QED) is 0.726. The maximum Gasteiger partial charge on any atom is 0.236 e. The molecule has 1 aliphatic rings. The Morgan fingerprint density at radius 1 is 1.12 bits per heavy atom. The van der Waals surface area contributed by atoms with Gasteiger partial charge >= 0.3 is 0 Å². The van der Waals surface area contributed by atoms with Crippen molar-refractivity contribution >= 4 is 5.91 Å². The molecule has 138 valence electrons. The summed E-state index contributed by atoms with van der Waals surface area (Å²) in [6.07, 6.45) is 2.25. The minimum atomic E-state index is -0.274. The molecule has 0 unspecified atom stereocenters. The second-order valence-electron chi connectivity index (χ2n) is 6.83. The molecule has 0 saturated heterocycles. The first-order chi connectivity index (χ1) is 12.6. The van der Waals surface area contributed by atoms with Crippen LogP contribution < -0.4 is 4.74 Å². The van der Waals surface area contributed by atoms with Gasteiger partial charge in [-0.1, -0.05) is 30.3 Å². The Balaban J connectivity index is 1.60. The molecule has 1 fully saturated rings. The van der Waals surface area contributed by atoms with E-state index in [0.717, 1.165) is 30.7 Å². The molecule has 1 aliphatic carbocycles. The number of rotatable bonds is 8. The molecule has 26 heavy (non-hydrogen) atoms. The Hall–Kier alpha value is -2.40. The van der Waals surface area contributed by atoms with Gasteiger partial charge in [-0.2, -0.15) is 0 Å². The average molecular weight is 356 g/mol. The van der Waals surface area contributed by atoms with Gasteiger partial charge in [0.05, 0.1) is 13.7 Å². The fraction of sp³-hybridized carbons (Fsp3) is 0.381. The van der Waals surface area contributed by atoms with E-state index < -0.39 is 0 Å². The van der Waals surface area contributed by atoms with Crippen LogP contribution in [0.25, 0.3) is 0 Å². The van der Waals surface area contributed by atoms with Crippen LogP contribution in [-0.2, 0) is 17.9 Å². The molecular formula is C21H25FN2O2. The van der Waals surface area contributed by atoms with Crippen LogP contribution in [0.5, 0.6) is 5.75 Å². The minimum Gasteiger partial charge on any atom is -0.497 e. The van der Waals surface area contributed by atoms with Crippen molar-refractivity contribution in [3.05, 3.63) is 65.5 Å². The summed E-state index contributed by atoms with van der Waals surface area (Å²) in [6.45, 7) is 1.36. The summed E-state index contributed by atoms with van der Waals surface area (Å²) in [5.74, 6) is 0.561. The lowest BCUT2D eigenvalue weighted by Crippen LogP contribution is -2.39. The van der Waals surface area contributed by atoms with Crippen LogP contribution in [-0.4, -0.2) is 42.5 Å². The van der Waals surface area contributed by atoms with Gasteiger partial charge in [-0.25, -0.2) is 4.39 Å². The van der Waals surface area contributed by atoms with Gasteiger partial charge in [0.15, 0.2) is 0 Å². The number of likely N-dealkylation sites (N-methyl/N-ethyl adjacent to an activating group) is 1. The van der Waals surface area contributed by atoms with E-state index in [9.17, 15) is 9.18 Å². The van der Waals surface area contributed by atoms with Gasteiger partial charge in [0.25, 0.3) is 0 Å². The van der Waals surface area contributed by atoms with Crippen molar-refractivity contribution in [3.63, 3.8) is 0 Å². The summed E-state index contributed by atoms with van der Waals surface area (Å²) >= 11 is 0. The molecule has 0 atom stereocenters. The lowest BCUT2D eigenvalue weighted by atomic mass is 10.2. The zero-order chi connectivity index (χ0) is 18.5. The summed E-state index contributed by atoms with van der Waals surface area (Å²) in [5, 5.41) is 0. The maximum atomic E-state index is 13.8. The van der Waals surface area contributed by atoms with Gasteiger partial charge in [0.2, 0.25) is 5.91 Å². The van der Waals surface area contributed by atoms with Crippen molar-refractivity contribution in [1.29, 1.82) is 0 Å². The Bertz CT molecular complexity index is 744. The second-order valence-corrected chi connectivity index (χ2v) is 6.83. The molecule has 5 heteroatoms. The Morgan fingerprint density at radius 3 is 2.42 bits per heavy atom. The predicted octanol–water partition coefficient (Wildman–Crippen LogP) is 3.46. The number of halogens is 1. The molecule has 2 aromatic rings. The normalized spacial score (nSPS) is 13.7. The van der Waals surface area contributed by atoms with Crippen LogP contribution >= 0.6 is 0 Å². The molecule has 0 bridgehead atoms. The molecule has 0 N–H and O–H groups in total. The fourth-order valence-electron chi connectivity index (χ4n) is 2.98. The molecule has 0 heterocycles. The van der Waals surface area contributed by atoms with Gasteiger partial charge in [-0.3, -0.25) is 9.69 Å². The number of hydrogen-bond donors (Lipinski definition) is 0. The van der Waals surface area contributed by atoms with Gasteiger partial charge in [0.1, 0.15) is 11.6 Å². The van der Waals surface area contributed by atoms with Crippen molar-refractivity contribution in [3.8, 4) is 5.75 Å². The fourth-order valence-corrected chi connectivity index (χ4v) is 2.98. The molecular weight excluding hydrogens is 331 g/mol.